The molecule has 2 N–H and O–H groups in total. The van der Waals surface area contributed by atoms with Crippen LogP contribution in [-0.4, -0.2) is 16.0 Å². The number of anilines is 1. The highest BCUT2D eigenvalue weighted by atomic mass is 35.5. The molecule has 0 fully saturated rings. The molecule has 5 heteroatoms. The lowest BCUT2D eigenvalue weighted by atomic mass is 10.3. The number of benzene rings is 1. The first kappa shape index (κ1) is 10.7. The lowest BCUT2D eigenvalue weighted by Crippen LogP contribution is -2.15. The molecule has 0 aliphatic carbocycles. The van der Waals surface area contributed by atoms with Crippen LogP contribution in [0.1, 0.15) is 0 Å². The van der Waals surface area contributed by atoms with Crippen molar-refractivity contribution in [3.8, 4) is 0 Å². The van der Waals surface area contributed by atoms with Gasteiger partial charge in [-0.15, -0.1) is 0 Å². The lowest BCUT2D eigenvalue weighted by Gasteiger charge is -2.13. The van der Waals surface area contributed by atoms with E-state index in [1.54, 1.807) is 0 Å². The van der Waals surface area contributed by atoms with Gasteiger partial charge < -0.3 is 10.3 Å². The number of hydrogen-bond acceptors (Lipinski definition) is 3. The Balaban J connectivity index is 1.85. The summed E-state index contributed by atoms with van der Waals surface area (Å²) in [6.45, 7) is 0. The summed E-state index contributed by atoms with van der Waals surface area (Å²) in [5, 5.41) is 5.25. The van der Waals surface area contributed by atoms with E-state index in [0.717, 1.165) is 21.3 Å². The molecule has 3 rings (SSSR count). The molecule has 0 bridgehead atoms. The summed E-state index contributed by atoms with van der Waals surface area (Å²) < 4.78 is 0.779. The fraction of sp³-hybridized carbons (Fsp3) is 0.0833. The van der Waals surface area contributed by atoms with Crippen molar-refractivity contribution in [3.63, 3.8) is 0 Å². The van der Waals surface area contributed by atoms with Crippen LogP contribution in [0.5, 0.6) is 0 Å². The number of aromatic nitrogens is 2. The summed E-state index contributed by atoms with van der Waals surface area (Å²) in [5.74, 6) is 0.758. The molecule has 1 aliphatic heterocycles. The van der Waals surface area contributed by atoms with Crippen LogP contribution in [0.3, 0.4) is 0 Å². The summed E-state index contributed by atoms with van der Waals surface area (Å²) in [5.41, 5.74) is 1.98. The highest BCUT2D eigenvalue weighted by molar-refractivity contribution is 8.07. The van der Waals surface area contributed by atoms with E-state index in [1.165, 1.54) is 11.8 Å². The van der Waals surface area contributed by atoms with Crippen LogP contribution in [0.4, 0.5) is 5.95 Å². The Morgan fingerprint density at radius 3 is 3.06 bits per heavy atom. The van der Waals surface area contributed by atoms with Gasteiger partial charge in [0.2, 0.25) is 5.95 Å². The Hall–Kier alpha value is -1.39. The van der Waals surface area contributed by atoms with Gasteiger partial charge in [0, 0.05) is 0 Å². The molecule has 0 saturated carbocycles. The third-order valence-corrected chi connectivity index (χ3v) is 3.52. The molecule has 0 spiro atoms. The Labute approximate surface area is 108 Å². The van der Waals surface area contributed by atoms with Gasteiger partial charge >= 0.3 is 0 Å². The number of H-pyrrole nitrogens is 1. The number of imidazole rings is 1. The Morgan fingerprint density at radius 1 is 1.35 bits per heavy atom. The second-order valence-corrected chi connectivity index (χ2v) is 5.27. The van der Waals surface area contributed by atoms with Crippen molar-refractivity contribution in [1.82, 2.24) is 9.97 Å². The Bertz CT molecular complexity index is 570. The van der Waals surface area contributed by atoms with E-state index < -0.39 is 0 Å². The van der Waals surface area contributed by atoms with Crippen molar-refractivity contribution >= 4 is 40.3 Å². The maximum absolute atomic E-state index is 5.96. The number of halogens is 1. The fourth-order valence-corrected chi connectivity index (χ4v) is 2.59. The summed E-state index contributed by atoms with van der Waals surface area (Å²) in [4.78, 5) is 7.67. The van der Waals surface area contributed by atoms with E-state index >= 15 is 0 Å². The number of thioether (sulfide) groups is 1. The van der Waals surface area contributed by atoms with Crippen LogP contribution in [0.2, 0.25) is 0 Å². The molecule has 1 atom stereocenters. The molecule has 86 valence electrons. The summed E-state index contributed by atoms with van der Waals surface area (Å²) in [6.07, 6.45) is 4.00. The van der Waals surface area contributed by atoms with Crippen molar-refractivity contribution in [3.05, 3.63) is 46.2 Å². The first-order valence-electron chi connectivity index (χ1n) is 5.23. The van der Waals surface area contributed by atoms with E-state index in [9.17, 15) is 0 Å². The van der Waals surface area contributed by atoms with Gasteiger partial charge in [-0.25, -0.2) is 4.98 Å². The van der Waals surface area contributed by atoms with Crippen LogP contribution < -0.4 is 5.32 Å². The monoisotopic (exact) mass is 263 g/mol. The summed E-state index contributed by atoms with van der Waals surface area (Å²) >= 11 is 7.47. The van der Waals surface area contributed by atoms with Crippen LogP contribution in [0.25, 0.3) is 11.0 Å². The number of para-hydroxylation sites is 2. The molecule has 0 saturated heterocycles. The average Bonchev–Trinajstić information content (AvgIpc) is 2.71. The second kappa shape index (κ2) is 4.47. The molecule has 0 radical (unpaired) electrons. The second-order valence-electron chi connectivity index (χ2n) is 3.69. The maximum atomic E-state index is 5.96. The number of fused-ring (bicyclic) bond motifs is 1. The third kappa shape index (κ3) is 2.33. The van der Waals surface area contributed by atoms with Gasteiger partial charge in [-0.2, -0.15) is 0 Å². The molecule has 17 heavy (non-hydrogen) atoms. The maximum Gasteiger partial charge on any atom is 0.201 e. The predicted molar refractivity (Wildman–Crippen MR) is 74.2 cm³/mol. The molecule has 2 aromatic rings. The number of nitrogens with zero attached hydrogens (tertiary/aromatic N) is 1. The molecule has 2 heterocycles. The van der Waals surface area contributed by atoms with Gasteiger partial charge in [-0.1, -0.05) is 41.6 Å². The van der Waals surface area contributed by atoms with Gasteiger partial charge in [-0.3, -0.25) is 0 Å². The van der Waals surface area contributed by atoms with E-state index in [-0.39, 0.29) is 6.04 Å². The Kier molecular flexibility index (Phi) is 2.82. The fourth-order valence-electron chi connectivity index (χ4n) is 1.69. The standard InChI is InChI=1S/C12H10ClN3S/c13-11-7-8(5-6-17-11)14-12-15-9-3-1-2-4-10(9)16-12/h1-8H,(H2,14,15,16). The van der Waals surface area contributed by atoms with Crippen molar-refractivity contribution in [2.75, 3.05) is 5.32 Å². The number of rotatable bonds is 2. The third-order valence-electron chi connectivity index (χ3n) is 2.47. The molecule has 1 aromatic heterocycles. The highest BCUT2D eigenvalue weighted by Gasteiger charge is 2.09. The highest BCUT2D eigenvalue weighted by Crippen LogP contribution is 2.27. The van der Waals surface area contributed by atoms with Crippen molar-refractivity contribution in [1.29, 1.82) is 0 Å². The number of aromatic amines is 1. The zero-order valence-corrected chi connectivity index (χ0v) is 10.4. The van der Waals surface area contributed by atoms with Gasteiger partial charge in [0.1, 0.15) is 0 Å². The smallest absolute Gasteiger partial charge is 0.201 e. The van der Waals surface area contributed by atoms with Crippen molar-refractivity contribution in [2.24, 2.45) is 0 Å². The minimum Gasteiger partial charge on any atom is -0.346 e. The van der Waals surface area contributed by atoms with E-state index in [0.29, 0.717) is 0 Å². The molecular weight excluding hydrogens is 254 g/mol. The summed E-state index contributed by atoms with van der Waals surface area (Å²) in [6, 6.07) is 8.03. The normalized spacial score (nSPS) is 19.4. The minimum atomic E-state index is 0.0873. The molecule has 1 aliphatic rings. The van der Waals surface area contributed by atoms with Crippen LogP contribution in [0.15, 0.2) is 46.2 Å². The molecule has 1 unspecified atom stereocenters. The minimum absolute atomic E-state index is 0.0873. The quantitative estimate of drug-likeness (QED) is 0.868. The predicted octanol–water partition coefficient (Wildman–Crippen LogP) is 3.68. The first-order valence-corrected chi connectivity index (χ1v) is 6.49. The van der Waals surface area contributed by atoms with Crippen molar-refractivity contribution < 1.29 is 0 Å². The largest absolute Gasteiger partial charge is 0.346 e. The van der Waals surface area contributed by atoms with Crippen LogP contribution in [0, 0.1) is 0 Å². The topological polar surface area (TPSA) is 40.7 Å². The van der Waals surface area contributed by atoms with Crippen LogP contribution in [-0.2, 0) is 0 Å². The van der Waals surface area contributed by atoms with E-state index in [1.807, 2.05) is 41.8 Å². The zero-order valence-electron chi connectivity index (χ0n) is 8.85. The lowest BCUT2D eigenvalue weighted by molar-refractivity contribution is 1.07. The van der Waals surface area contributed by atoms with Crippen molar-refractivity contribution in [2.45, 2.75) is 6.04 Å². The summed E-state index contributed by atoms with van der Waals surface area (Å²) in [7, 11) is 0. The SMILES string of the molecule is ClC1=CC(Nc2nc3ccccc3[nH]2)C=CS1. The Morgan fingerprint density at radius 2 is 2.24 bits per heavy atom. The molecule has 0 amide bonds. The molecule has 1 aromatic carbocycles. The number of hydrogen-bond donors (Lipinski definition) is 2. The average molecular weight is 264 g/mol. The van der Waals surface area contributed by atoms with Gasteiger partial charge in [0.05, 0.1) is 21.4 Å². The van der Waals surface area contributed by atoms with Gasteiger partial charge in [0.15, 0.2) is 0 Å². The van der Waals surface area contributed by atoms with Gasteiger partial charge in [0.25, 0.3) is 0 Å². The molecular formula is C12H10ClN3S. The first-order chi connectivity index (χ1) is 8.31. The van der Waals surface area contributed by atoms with Gasteiger partial charge in [-0.05, 0) is 23.6 Å². The zero-order chi connectivity index (χ0) is 11.7. The van der Waals surface area contributed by atoms with E-state index in [4.69, 9.17) is 11.6 Å². The number of nitrogens with one attached hydrogen (secondary N) is 2. The molecule has 3 nitrogen and oxygen atoms in total. The van der Waals surface area contributed by atoms with Crippen LogP contribution >= 0.6 is 23.4 Å². The van der Waals surface area contributed by atoms with E-state index in [2.05, 4.69) is 15.3 Å².